The highest BCUT2D eigenvalue weighted by molar-refractivity contribution is 6.30. The van der Waals surface area contributed by atoms with Crippen LogP contribution in [0.5, 0.6) is 17.5 Å². The van der Waals surface area contributed by atoms with Crippen molar-refractivity contribution < 1.29 is 9.47 Å². The highest BCUT2D eigenvalue weighted by Gasteiger charge is 2.38. The number of halogens is 1. The van der Waals surface area contributed by atoms with Crippen LogP contribution in [0.4, 0.5) is 0 Å². The Morgan fingerprint density at radius 1 is 0.921 bits per heavy atom. The Bertz CT molecular complexity index is 1800. The SMILES string of the molecule is COc1ccc([C@H]2c3c(C)nn(-c4ccc(Cl)cc4)c3Oc3ncn4nc(-c5ccncc5)nc4c32)cc1. The second-order valence-electron chi connectivity index (χ2n) is 8.90. The van der Waals surface area contributed by atoms with Crippen molar-refractivity contribution in [1.82, 2.24) is 34.3 Å². The zero-order valence-corrected chi connectivity index (χ0v) is 21.2. The van der Waals surface area contributed by atoms with Crippen molar-refractivity contribution in [2.45, 2.75) is 12.8 Å². The van der Waals surface area contributed by atoms with Gasteiger partial charge in [0, 0.05) is 23.0 Å². The molecule has 7 rings (SSSR count). The van der Waals surface area contributed by atoms with E-state index in [1.165, 1.54) is 0 Å². The first-order valence-electron chi connectivity index (χ1n) is 11.9. The van der Waals surface area contributed by atoms with Crippen LogP contribution in [0.3, 0.4) is 0 Å². The van der Waals surface area contributed by atoms with Crippen LogP contribution < -0.4 is 9.47 Å². The summed E-state index contributed by atoms with van der Waals surface area (Å²) in [6.45, 7) is 1.98. The van der Waals surface area contributed by atoms with E-state index in [9.17, 15) is 0 Å². The normalized spacial score (nSPS) is 14.1. The Kier molecular flexibility index (Phi) is 5.12. The van der Waals surface area contributed by atoms with Crippen LogP contribution in [0.2, 0.25) is 5.02 Å². The van der Waals surface area contributed by atoms with Gasteiger partial charge in [0.05, 0.1) is 35.5 Å². The van der Waals surface area contributed by atoms with E-state index in [0.717, 1.165) is 39.4 Å². The smallest absolute Gasteiger partial charge is 0.230 e. The highest BCUT2D eigenvalue weighted by atomic mass is 35.5. The molecule has 5 heterocycles. The van der Waals surface area contributed by atoms with Crippen molar-refractivity contribution in [2.24, 2.45) is 0 Å². The van der Waals surface area contributed by atoms with Gasteiger partial charge in [-0.2, -0.15) is 5.10 Å². The molecule has 0 fully saturated rings. The number of hydrogen-bond donors (Lipinski definition) is 0. The molecule has 0 saturated carbocycles. The van der Waals surface area contributed by atoms with Gasteiger partial charge < -0.3 is 9.47 Å². The molecule has 1 aliphatic rings. The Morgan fingerprint density at radius 3 is 2.42 bits per heavy atom. The molecular formula is C28H20ClN7O2. The minimum atomic E-state index is -0.258. The molecule has 0 bridgehead atoms. The molecule has 0 spiro atoms. The van der Waals surface area contributed by atoms with E-state index in [2.05, 4.69) is 9.97 Å². The molecule has 4 aromatic heterocycles. The molecule has 9 nitrogen and oxygen atoms in total. The van der Waals surface area contributed by atoms with Crippen molar-refractivity contribution in [3.05, 3.63) is 107 Å². The number of ether oxygens (including phenoxy) is 2. The fourth-order valence-electron chi connectivity index (χ4n) is 4.89. The van der Waals surface area contributed by atoms with E-state index in [0.29, 0.717) is 28.3 Å². The van der Waals surface area contributed by atoms with Gasteiger partial charge in [-0.3, -0.25) is 4.98 Å². The number of benzene rings is 2. The van der Waals surface area contributed by atoms with Crippen LogP contribution in [-0.4, -0.2) is 41.5 Å². The van der Waals surface area contributed by atoms with Crippen LogP contribution in [0, 0.1) is 6.92 Å². The van der Waals surface area contributed by atoms with Crippen LogP contribution in [0.1, 0.15) is 28.3 Å². The van der Waals surface area contributed by atoms with E-state index < -0.39 is 0 Å². The summed E-state index contributed by atoms with van der Waals surface area (Å²) in [6, 6.07) is 19.2. The summed E-state index contributed by atoms with van der Waals surface area (Å²) in [6.07, 6.45) is 5.06. The molecule has 0 radical (unpaired) electrons. The fourth-order valence-corrected chi connectivity index (χ4v) is 5.01. The summed E-state index contributed by atoms with van der Waals surface area (Å²) in [5.74, 6) is 2.15. The lowest BCUT2D eigenvalue weighted by atomic mass is 9.84. The molecule has 0 amide bonds. The molecule has 0 unspecified atom stereocenters. The average molecular weight is 522 g/mol. The molecule has 0 N–H and O–H groups in total. The van der Waals surface area contributed by atoms with E-state index in [4.69, 9.17) is 36.3 Å². The van der Waals surface area contributed by atoms with Crippen LogP contribution in [0.15, 0.2) is 79.4 Å². The number of aromatic nitrogens is 7. The third kappa shape index (κ3) is 3.51. The Balaban J connectivity index is 1.48. The number of pyridine rings is 1. The number of hydrogen-bond acceptors (Lipinski definition) is 7. The summed E-state index contributed by atoms with van der Waals surface area (Å²) in [4.78, 5) is 13.7. The second kappa shape index (κ2) is 8.67. The van der Waals surface area contributed by atoms with Gasteiger partial charge in [-0.05, 0) is 61.0 Å². The standard InChI is InChI=1S/C28H20ClN7O2/c1-16-22-23(17-3-9-21(37-2)10-4-17)24-26-32-25(18-11-13-30-14-12-18)34-35(26)15-31-27(24)38-28(22)36(33-16)20-7-5-19(29)6-8-20/h3-15,23H,1-2H3/t23-/m0/s1. The van der Waals surface area contributed by atoms with Gasteiger partial charge >= 0.3 is 0 Å². The Hall–Kier alpha value is -4.76. The maximum Gasteiger partial charge on any atom is 0.230 e. The Morgan fingerprint density at radius 2 is 1.68 bits per heavy atom. The first-order chi connectivity index (χ1) is 18.6. The summed E-state index contributed by atoms with van der Waals surface area (Å²) in [5.41, 5.74) is 5.96. The zero-order valence-electron chi connectivity index (χ0n) is 20.4. The summed E-state index contributed by atoms with van der Waals surface area (Å²) in [5, 5.41) is 10.2. The van der Waals surface area contributed by atoms with E-state index in [1.807, 2.05) is 67.6 Å². The van der Waals surface area contributed by atoms with Crippen molar-refractivity contribution in [1.29, 1.82) is 0 Å². The molecule has 6 aromatic rings. The minimum absolute atomic E-state index is 0.258. The maximum atomic E-state index is 6.47. The summed E-state index contributed by atoms with van der Waals surface area (Å²) < 4.78 is 15.4. The zero-order chi connectivity index (χ0) is 25.8. The molecule has 186 valence electrons. The van der Waals surface area contributed by atoms with Gasteiger partial charge in [0.15, 0.2) is 11.5 Å². The van der Waals surface area contributed by atoms with E-state index >= 15 is 0 Å². The maximum absolute atomic E-state index is 6.47. The first kappa shape index (κ1) is 22.4. The van der Waals surface area contributed by atoms with Gasteiger partial charge in [-0.1, -0.05) is 23.7 Å². The van der Waals surface area contributed by atoms with Crippen LogP contribution >= 0.6 is 11.6 Å². The Labute approximate surface area is 222 Å². The summed E-state index contributed by atoms with van der Waals surface area (Å²) in [7, 11) is 1.65. The second-order valence-corrected chi connectivity index (χ2v) is 9.34. The molecule has 1 aliphatic heterocycles. The number of rotatable bonds is 4. The molecule has 2 aromatic carbocycles. The first-order valence-corrected chi connectivity index (χ1v) is 12.3. The predicted molar refractivity (Wildman–Crippen MR) is 141 cm³/mol. The highest BCUT2D eigenvalue weighted by Crippen LogP contribution is 2.50. The van der Waals surface area contributed by atoms with Gasteiger partial charge in [0.1, 0.15) is 12.1 Å². The van der Waals surface area contributed by atoms with Gasteiger partial charge in [-0.15, -0.1) is 5.10 Å². The van der Waals surface area contributed by atoms with Gasteiger partial charge in [0.25, 0.3) is 0 Å². The molecular weight excluding hydrogens is 502 g/mol. The predicted octanol–water partition coefficient (Wildman–Crippen LogP) is 5.63. The van der Waals surface area contributed by atoms with Crippen molar-refractivity contribution in [3.8, 4) is 34.6 Å². The molecule has 10 heteroatoms. The summed E-state index contributed by atoms with van der Waals surface area (Å²) >= 11 is 6.14. The molecule has 0 aliphatic carbocycles. The number of nitrogens with zero attached hydrogens (tertiary/aromatic N) is 7. The van der Waals surface area contributed by atoms with Gasteiger partial charge in [-0.25, -0.2) is 19.2 Å². The third-order valence-corrected chi connectivity index (χ3v) is 6.93. The molecule has 0 saturated heterocycles. The van der Waals surface area contributed by atoms with Crippen LogP contribution in [0.25, 0.3) is 22.7 Å². The number of aryl methyl sites for hydroxylation is 1. The van der Waals surface area contributed by atoms with E-state index in [-0.39, 0.29) is 5.92 Å². The lowest BCUT2D eigenvalue weighted by molar-refractivity contribution is 0.402. The lowest BCUT2D eigenvalue weighted by Crippen LogP contribution is -2.16. The van der Waals surface area contributed by atoms with Crippen LogP contribution in [-0.2, 0) is 0 Å². The molecule has 38 heavy (non-hydrogen) atoms. The van der Waals surface area contributed by atoms with Crippen molar-refractivity contribution in [3.63, 3.8) is 0 Å². The third-order valence-electron chi connectivity index (χ3n) is 6.68. The van der Waals surface area contributed by atoms with Crippen molar-refractivity contribution in [2.75, 3.05) is 7.11 Å². The van der Waals surface area contributed by atoms with E-state index in [1.54, 1.807) is 35.0 Å². The fraction of sp³-hybridized carbons (Fsp3) is 0.107. The molecule has 1 atom stereocenters. The monoisotopic (exact) mass is 521 g/mol. The quantitative estimate of drug-likeness (QED) is 0.296. The lowest BCUT2D eigenvalue weighted by Gasteiger charge is -2.26. The minimum Gasteiger partial charge on any atom is -0.497 e. The topological polar surface area (TPSA) is 92.2 Å². The number of fused-ring (bicyclic) bond motifs is 4. The number of methoxy groups -OCH3 is 1. The average Bonchev–Trinajstić information content (AvgIpc) is 3.54. The largest absolute Gasteiger partial charge is 0.497 e. The van der Waals surface area contributed by atoms with Gasteiger partial charge in [0.2, 0.25) is 11.8 Å². The van der Waals surface area contributed by atoms with Crippen molar-refractivity contribution >= 4 is 17.2 Å².